The van der Waals surface area contributed by atoms with E-state index in [1.807, 2.05) is 4.68 Å². The third-order valence-electron chi connectivity index (χ3n) is 3.63. The van der Waals surface area contributed by atoms with Gasteiger partial charge in [-0.25, -0.2) is 4.68 Å². The Hall–Kier alpha value is -1.01. The number of hydrogen-bond acceptors (Lipinski definition) is 5. The van der Waals surface area contributed by atoms with E-state index in [1.54, 1.807) is 0 Å². The maximum absolute atomic E-state index is 5.76. The molecule has 2 N–H and O–H groups in total. The van der Waals surface area contributed by atoms with E-state index < -0.39 is 0 Å². The lowest BCUT2D eigenvalue weighted by Gasteiger charge is -2.31. The summed E-state index contributed by atoms with van der Waals surface area (Å²) in [5.74, 6) is 1.62. The minimum absolute atomic E-state index is 0.638. The molecular formula is C12H24N6. The molecule has 0 aromatic carbocycles. The average molecular weight is 252 g/mol. The van der Waals surface area contributed by atoms with Gasteiger partial charge in [-0.2, -0.15) is 0 Å². The number of aromatic nitrogens is 4. The summed E-state index contributed by atoms with van der Waals surface area (Å²) in [5, 5.41) is 12.0. The van der Waals surface area contributed by atoms with Crippen LogP contribution in [0.4, 0.5) is 0 Å². The second kappa shape index (κ2) is 6.80. The van der Waals surface area contributed by atoms with Crippen LogP contribution < -0.4 is 5.73 Å². The standard InChI is InChI=1S/C12H24N6/c1-2-3-7-18-12(14-15-16-18)10-17-6-4-5-11(8-13)9-17/h11H,2-10,13H2,1H3. The van der Waals surface area contributed by atoms with Crippen molar-refractivity contribution in [3.63, 3.8) is 0 Å². The van der Waals surface area contributed by atoms with Crippen molar-refractivity contribution in [2.75, 3.05) is 19.6 Å². The number of hydrogen-bond donors (Lipinski definition) is 1. The van der Waals surface area contributed by atoms with E-state index in [4.69, 9.17) is 5.73 Å². The molecule has 1 aromatic rings. The van der Waals surface area contributed by atoms with Crippen LogP contribution in [0.25, 0.3) is 0 Å². The zero-order chi connectivity index (χ0) is 12.8. The van der Waals surface area contributed by atoms with Gasteiger partial charge in [0.25, 0.3) is 0 Å². The van der Waals surface area contributed by atoms with E-state index in [0.717, 1.165) is 51.4 Å². The summed E-state index contributed by atoms with van der Waals surface area (Å²) >= 11 is 0. The zero-order valence-electron chi connectivity index (χ0n) is 11.3. The molecule has 1 aliphatic heterocycles. The van der Waals surface area contributed by atoms with Crippen LogP contribution in [-0.4, -0.2) is 44.7 Å². The summed E-state index contributed by atoms with van der Waals surface area (Å²) in [6.07, 6.45) is 4.79. The summed E-state index contributed by atoms with van der Waals surface area (Å²) in [6, 6.07) is 0. The second-order valence-corrected chi connectivity index (χ2v) is 5.15. The predicted octanol–water partition coefficient (Wildman–Crippen LogP) is 0.644. The minimum Gasteiger partial charge on any atom is -0.330 e. The molecule has 1 atom stereocenters. The monoisotopic (exact) mass is 252 g/mol. The molecule has 1 fully saturated rings. The van der Waals surface area contributed by atoms with Crippen molar-refractivity contribution in [1.29, 1.82) is 0 Å². The molecule has 102 valence electrons. The number of likely N-dealkylation sites (tertiary alicyclic amines) is 1. The SMILES string of the molecule is CCCCn1nnnc1CN1CCCC(CN)C1. The maximum Gasteiger partial charge on any atom is 0.165 e. The molecule has 0 spiro atoms. The smallest absolute Gasteiger partial charge is 0.165 e. The van der Waals surface area contributed by atoms with Crippen molar-refractivity contribution in [2.45, 2.75) is 45.7 Å². The molecule has 1 unspecified atom stereocenters. The van der Waals surface area contributed by atoms with Crippen LogP contribution >= 0.6 is 0 Å². The number of piperidine rings is 1. The largest absolute Gasteiger partial charge is 0.330 e. The zero-order valence-corrected chi connectivity index (χ0v) is 11.3. The van der Waals surface area contributed by atoms with Gasteiger partial charge in [0.15, 0.2) is 5.82 Å². The van der Waals surface area contributed by atoms with Crippen LogP contribution in [0.5, 0.6) is 0 Å². The highest BCUT2D eigenvalue weighted by Crippen LogP contribution is 2.16. The molecule has 2 rings (SSSR count). The van der Waals surface area contributed by atoms with Gasteiger partial charge in [0.05, 0.1) is 6.54 Å². The van der Waals surface area contributed by atoms with Gasteiger partial charge in [-0.3, -0.25) is 4.90 Å². The topological polar surface area (TPSA) is 72.9 Å². The van der Waals surface area contributed by atoms with Gasteiger partial charge < -0.3 is 5.73 Å². The molecule has 6 heteroatoms. The molecule has 18 heavy (non-hydrogen) atoms. The Kier molecular flexibility index (Phi) is 5.07. The first kappa shape index (κ1) is 13.4. The molecule has 1 aliphatic rings. The number of unbranched alkanes of at least 4 members (excludes halogenated alkanes) is 1. The second-order valence-electron chi connectivity index (χ2n) is 5.15. The molecule has 0 amide bonds. The Morgan fingerprint density at radius 3 is 3.11 bits per heavy atom. The summed E-state index contributed by atoms with van der Waals surface area (Å²) in [4.78, 5) is 2.43. The van der Waals surface area contributed by atoms with E-state index in [9.17, 15) is 0 Å². The van der Waals surface area contributed by atoms with Crippen molar-refractivity contribution in [1.82, 2.24) is 25.1 Å². The lowest BCUT2D eigenvalue weighted by Crippen LogP contribution is -2.38. The summed E-state index contributed by atoms with van der Waals surface area (Å²) < 4.78 is 1.94. The Morgan fingerprint density at radius 2 is 2.33 bits per heavy atom. The van der Waals surface area contributed by atoms with Crippen molar-refractivity contribution in [3.8, 4) is 0 Å². The van der Waals surface area contributed by atoms with Gasteiger partial charge in [0.1, 0.15) is 0 Å². The lowest BCUT2D eigenvalue weighted by molar-refractivity contribution is 0.165. The molecule has 1 saturated heterocycles. The van der Waals surface area contributed by atoms with Gasteiger partial charge in [-0.15, -0.1) is 5.10 Å². The van der Waals surface area contributed by atoms with Crippen LogP contribution in [0.3, 0.4) is 0 Å². The summed E-state index contributed by atoms with van der Waals surface area (Å²) in [7, 11) is 0. The number of rotatable bonds is 6. The van der Waals surface area contributed by atoms with Crippen LogP contribution in [0.2, 0.25) is 0 Å². The van der Waals surface area contributed by atoms with Gasteiger partial charge in [-0.1, -0.05) is 13.3 Å². The van der Waals surface area contributed by atoms with Crippen LogP contribution in [0, 0.1) is 5.92 Å². The molecule has 0 saturated carbocycles. The molecule has 0 bridgehead atoms. The highest BCUT2D eigenvalue weighted by molar-refractivity contribution is 4.84. The summed E-state index contributed by atoms with van der Waals surface area (Å²) in [5.41, 5.74) is 5.76. The third kappa shape index (κ3) is 3.49. The normalized spacial score (nSPS) is 21.3. The lowest BCUT2D eigenvalue weighted by atomic mass is 9.98. The fraction of sp³-hybridized carbons (Fsp3) is 0.917. The van der Waals surface area contributed by atoms with Gasteiger partial charge in [-0.05, 0) is 48.7 Å². The van der Waals surface area contributed by atoms with Crippen LogP contribution in [0.1, 0.15) is 38.4 Å². The molecule has 2 heterocycles. The highest BCUT2D eigenvalue weighted by atomic mass is 15.5. The first-order valence-corrected chi connectivity index (χ1v) is 7.01. The fourth-order valence-corrected chi connectivity index (χ4v) is 2.51. The number of tetrazole rings is 1. The molecular weight excluding hydrogens is 228 g/mol. The Bertz CT molecular complexity index is 350. The van der Waals surface area contributed by atoms with Gasteiger partial charge in [0, 0.05) is 13.1 Å². The van der Waals surface area contributed by atoms with Gasteiger partial charge >= 0.3 is 0 Å². The maximum atomic E-state index is 5.76. The fourth-order valence-electron chi connectivity index (χ4n) is 2.51. The van der Waals surface area contributed by atoms with E-state index >= 15 is 0 Å². The first-order chi connectivity index (χ1) is 8.83. The molecule has 1 aromatic heterocycles. The number of nitrogens with zero attached hydrogens (tertiary/aromatic N) is 5. The van der Waals surface area contributed by atoms with Crippen LogP contribution in [0.15, 0.2) is 0 Å². The highest BCUT2D eigenvalue weighted by Gasteiger charge is 2.20. The Labute approximate surface area is 109 Å². The van der Waals surface area contributed by atoms with E-state index in [1.165, 1.54) is 12.8 Å². The first-order valence-electron chi connectivity index (χ1n) is 7.01. The third-order valence-corrected chi connectivity index (χ3v) is 3.63. The van der Waals surface area contributed by atoms with Crippen molar-refractivity contribution in [2.24, 2.45) is 11.7 Å². The van der Waals surface area contributed by atoms with E-state index in [2.05, 4.69) is 27.3 Å². The molecule has 6 nitrogen and oxygen atoms in total. The van der Waals surface area contributed by atoms with Crippen molar-refractivity contribution < 1.29 is 0 Å². The predicted molar refractivity (Wildman–Crippen MR) is 69.8 cm³/mol. The molecule has 0 aliphatic carbocycles. The average Bonchev–Trinajstić information content (AvgIpc) is 2.84. The number of nitrogens with two attached hydrogens (primary N) is 1. The quantitative estimate of drug-likeness (QED) is 0.804. The Balaban J connectivity index is 1.90. The van der Waals surface area contributed by atoms with Crippen LogP contribution in [-0.2, 0) is 13.1 Å². The van der Waals surface area contributed by atoms with E-state index in [-0.39, 0.29) is 0 Å². The van der Waals surface area contributed by atoms with Crippen molar-refractivity contribution >= 4 is 0 Å². The molecule has 0 radical (unpaired) electrons. The van der Waals surface area contributed by atoms with Crippen molar-refractivity contribution in [3.05, 3.63) is 5.82 Å². The minimum atomic E-state index is 0.638. The Morgan fingerprint density at radius 1 is 1.44 bits per heavy atom. The summed E-state index contributed by atoms with van der Waals surface area (Å²) in [6.45, 7) is 6.96. The number of aryl methyl sites for hydroxylation is 1. The van der Waals surface area contributed by atoms with Gasteiger partial charge in [0.2, 0.25) is 0 Å². The van der Waals surface area contributed by atoms with E-state index in [0.29, 0.717) is 5.92 Å².